The molecule has 2 aromatic carbocycles. The zero-order chi connectivity index (χ0) is 14.3. The molecule has 0 bridgehead atoms. The molecule has 0 spiro atoms. The highest BCUT2D eigenvalue weighted by molar-refractivity contribution is 7.99. The molecule has 1 heterocycles. The molecule has 0 aromatic heterocycles. The van der Waals surface area contributed by atoms with Gasteiger partial charge in [0.05, 0.1) is 11.4 Å². The molecular weight excluding hydrogens is 300 g/mol. The van der Waals surface area contributed by atoms with Crippen LogP contribution in [0.1, 0.15) is 16.7 Å². The Hall–Kier alpha value is -1.16. The number of hydrogen-bond acceptors (Lipinski definition) is 3. The molecule has 0 unspecified atom stereocenters. The molecule has 2 N–H and O–H groups in total. The summed E-state index contributed by atoms with van der Waals surface area (Å²) < 4.78 is 0. The molecule has 0 aliphatic carbocycles. The third-order valence-electron chi connectivity index (χ3n) is 4.09. The highest BCUT2D eigenvalue weighted by Crippen LogP contribution is 2.50. The standard InChI is InChI=1S/C17H20N2S.ClH/c1-11-10-16-17(13(3)12(11)2)19(9-8-18)14-6-4-5-7-15(14)20-16;/h4-7,10H,8-9,18H2,1-3H3;1H. The van der Waals surface area contributed by atoms with Gasteiger partial charge in [-0.2, -0.15) is 0 Å². The van der Waals surface area contributed by atoms with E-state index in [4.69, 9.17) is 5.73 Å². The first-order chi connectivity index (χ1) is 9.63. The Morgan fingerprint density at radius 1 is 1.05 bits per heavy atom. The Bertz CT molecular complexity index is 670. The van der Waals surface area contributed by atoms with Gasteiger partial charge in [-0.15, -0.1) is 12.4 Å². The topological polar surface area (TPSA) is 29.3 Å². The number of benzene rings is 2. The molecule has 2 aromatic rings. The van der Waals surface area contributed by atoms with Gasteiger partial charge in [0.25, 0.3) is 0 Å². The van der Waals surface area contributed by atoms with Crippen LogP contribution in [0.5, 0.6) is 0 Å². The smallest absolute Gasteiger partial charge is 0.0585 e. The van der Waals surface area contributed by atoms with Crippen molar-refractivity contribution >= 4 is 35.5 Å². The van der Waals surface area contributed by atoms with Crippen molar-refractivity contribution in [3.05, 3.63) is 47.0 Å². The number of fused-ring (bicyclic) bond motifs is 2. The number of anilines is 2. The molecule has 0 radical (unpaired) electrons. The van der Waals surface area contributed by atoms with Crippen LogP contribution in [0.4, 0.5) is 11.4 Å². The van der Waals surface area contributed by atoms with Gasteiger partial charge in [-0.05, 0) is 55.7 Å². The first kappa shape index (κ1) is 16.2. The maximum absolute atomic E-state index is 5.84. The first-order valence-corrected chi connectivity index (χ1v) is 7.80. The van der Waals surface area contributed by atoms with E-state index in [2.05, 4.69) is 56.0 Å². The number of hydrogen-bond donors (Lipinski definition) is 1. The molecule has 1 aliphatic rings. The Morgan fingerprint density at radius 3 is 2.48 bits per heavy atom. The quantitative estimate of drug-likeness (QED) is 0.877. The SMILES string of the molecule is Cc1cc2c(c(C)c1C)N(CCN)c1ccccc1S2.Cl. The van der Waals surface area contributed by atoms with E-state index in [0.717, 1.165) is 6.54 Å². The van der Waals surface area contributed by atoms with Crippen molar-refractivity contribution in [2.75, 3.05) is 18.0 Å². The summed E-state index contributed by atoms with van der Waals surface area (Å²) in [7, 11) is 0. The van der Waals surface area contributed by atoms with Gasteiger partial charge in [0, 0.05) is 22.9 Å². The second-order valence-electron chi connectivity index (χ2n) is 5.30. The highest BCUT2D eigenvalue weighted by Gasteiger charge is 2.25. The normalized spacial score (nSPS) is 12.5. The van der Waals surface area contributed by atoms with E-state index < -0.39 is 0 Å². The van der Waals surface area contributed by atoms with E-state index in [1.54, 1.807) is 0 Å². The summed E-state index contributed by atoms with van der Waals surface area (Å²) in [6.45, 7) is 8.13. The number of para-hydroxylation sites is 1. The van der Waals surface area contributed by atoms with Gasteiger partial charge in [0.1, 0.15) is 0 Å². The summed E-state index contributed by atoms with van der Waals surface area (Å²) in [5, 5.41) is 0. The molecule has 2 nitrogen and oxygen atoms in total. The Labute approximate surface area is 137 Å². The van der Waals surface area contributed by atoms with Gasteiger partial charge in [0.15, 0.2) is 0 Å². The summed E-state index contributed by atoms with van der Waals surface area (Å²) in [6, 6.07) is 10.9. The lowest BCUT2D eigenvalue weighted by atomic mass is 10.0. The second kappa shape index (κ2) is 6.30. The van der Waals surface area contributed by atoms with Crippen LogP contribution in [-0.4, -0.2) is 13.1 Å². The van der Waals surface area contributed by atoms with Crippen LogP contribution >= 0.6 is 24.2 Å². The zero-order valence-electron chi connectivity index (χ0n) is 12.6. The van der Waals surface area contributed by atoms with E-state index in [0.29, 0.717) is 6.54 Å². The van der Waals surface area contributed by atoms with Crippen LogP contribution in [0.25, 0.3) is 0 Å². The van der Waals surface area contributed by atoms with Gasteiger partial charge >= 0.3 is 0 Å². The van der Waals surface area contributed by atoms with Crippen molar-refractivity contribution in [3.63, 3.8) is 0 Å². The molecule has 0 atom stereocenters. The van der Waals surface area contributed by atoms with Crippen LogP contribution in [0.3, 0.4) is 0 Å². The molecule has 0 amide bonds. The summed E-state index contributed by atoms with van der Waals surface area (Å²) in [4.78, 5) is 5.04. The minimum absolute atomic E-state index is 0. The van der Waals surface area contributed by atoms with Crippen molar-refractivity contribution in [3.8, 4) is 0 Å². The number of halogens is 1. The number of nitrogens with zero attached hydrogens (tertiary/aromatic N) is 1. The molecule has 21 heavy (non-hydrogen) atoms. The van der Waals surface area contributed by atoms with Crippen LogP contribution in [-0.2, 0) is 0 Å². The molecule has 0 saturated heterocycles. The molecule has 0 saturated carbocycles. The lowest BCUT2D eigenvalue weighted by molar-refractivity contribution is 0.891. The van der Waals surface area contributed by atoms with E-state index in [1.807, 2.05) is 11.8 Å². The van der Waals surface area contributed by atoms with E-state index in [9.17, 15) is 0 Å². The van der Waals surface area contributed by atoms with Crippen molar-refractivity contribution < 1.29 is 0 Å². The fraction of sp³-hybridized carbons (Fsp3) is 0.294. The fourth-order valence-corrected chi connectivity index (χ4v) is 4.07. The number of nitrogens with two attached hydrogens (primary N) is 1. The van der Waals surface area contributed by atoms with Crippen molar-refractivity contribution in [1.29, 1.82) is 0 Å². The third-order valence-corrected chi connectivity index (χ3v) is 5.19. The molecule has 1 aliphatic heterocycles. The minimum atomic E-state index is 0. The largest absolute Gasteiger partial charge is 0.338 e. The number of aryl methyl sites for hydroxylation is 1. The molecule has 0 fully saturated rings. The maximum Gasteiger partial charge on any atom is 0.0585 e. The van der Waals surface area contributed by atoms with Gasteiger partial charge in [0.2, 0.25) is 0 Å². The fourth-order valence-electron chi connectivity index (χ4n) is 2.81. The van der Waals surface area contributed by atoms with Crippen LogP contribution in [0.2, 0.25) is 0 Å². The second-order valence-corrected chi connectivity index (χ2v) is 6.38. The van der Waals surface area contributed by atoms with Crippen LogP contribution in [0, 0.1) is 20.8 Å². The average molecular weight is 321 g/mol. The van der Waals surface area contributed by atoms with Gasteiger partial charge < -0.3 is 10.6 Å². The summed E-state index contributed by atoms with van der Waals surface area (Å²) in [5.41, 5.74) is 12.6. The predicted molar refractivity (Wildman–Crippen MR) is 94.5 cm³/mol. The minimum Gasteiger partial charge on any atom is -0.338 e. The third kappa shape index (κ3) is 2.66. The Morgan fingerprint density at radius 2 is 1.76 bits per heavy atom. The number of rotatable bonds is 2. The molecular formula is C17H21ClN2S. The summed E-state index contributed by atoms with van der Waals surface area (Å²) in [6.07, 6.45) is 0. The zero-order valence-corrected chi connectivity index (χ0v) is 14.3. The summed E-state index contributed by atoms with van der Waals surface area (Å²) in [5.74, 6) is 0. The summed E-state index contributed by atoms with van der Waals surface area (Å²) >= 11 is 1.87. The molecule has 112 valence electrons. The van der Waals surface area contributed by atoms with Gasteiger partial charge in [-0.1, -0.05) is 23.9 Å². The molecule has 3 rings (SSSR count). The van der Waals surface area contributed by atoms with Gasteiger partial charge in [-0.25, -0.2) is 0 Å². The van der Waals surface area contributed by atoms with Crippen molar-refractivity contribution in [2.24, 2.45) is 5.73 Å². The van der Waals surface area contributed by atoms with Gasteiger partial charge in [-0.3, -0.25) is 0 Å². The lowest BCUT2D eigenvalue weighted by Gasteiger charge is -2.34. The first-order valence-electron chi connectivity index (χ1n) is 6.98. The van der Waals surface area contributed by atoms with E-state index in [-0.39, 0.29) is 12.4 Å². The van der Waals surface area contributed by atoms with Crippen LogP contribution < -0.4 is 10.6 Å². The van der Waals surface area contributed by atoms with E-state index >= 15 is 0 Å². The van der Waals surface area contributed by atoms with Crippen molar-refractivity contribution in [1.82, 2.24) is 0 Å². The monoisotopic (exact) mass is 320 g/mol. The molecule has 4 heteroatoms. The van der Waals surface area contributed by atoms with E-state index in [1.165, 1.54) is 37.9 Å². The predicted octanol–water partition coefficient (Wildman–Crippen LogP) is 4.60. The Kier molecular flexibility index (Phi) is 4.87. The maximum atomic E-state index is 5.84. The van der Waals surface area contributed by atoms with Crippen LogP contribution in [0.15, 0.2) is 40.1 Å². The average Bonchev–Trinajstić information content (AvgIpc) is 2.45. The lowest BCUT2D eigenvalue weighted by Crippen LogP contribution is -2.28. The highest BCUT2D eigenvalue weighted by atomic mass is 35.5. The van der Waals surface area contributed by atoms with Crippen molar-refractivity contribution in [2.45, 2.75) is 30.6 Å². The Balaban J connectivity index is 0.00000161.